The lowest BCUT2D eigenvalue weighted by Crippen LogP contribution is -2.33. The molecule has 168 valence electrons. The molecule has 0 bridgehead atoms. The first-order valence-corrected chi connectivity index (χ1v) is 10.8. The van der Waals surface area contributed by atoms with Crippen molar-refractivity contribution in [2.75, 3.05) is 13.1 Å². The molecule has 2 atom stereocenters. The number of carbonyl (C=O) groups excluding carboxylic acids is 2. The van der Waals surface area contributed by atoms with Gasteiger partial charge in [0, 0.05) is 24.1 Å². The Hall–Kier alpha value is -3.45. The van der Waals surface area contributed by atoms with Crippen LogP contribution in [0.4, 0.5) is 8.78 Å². The highest BCUT2D eigenvalue weighted by molar-refractivity contribution is 6.01. The summed E-state index contributed by atoms with van der Waals surface area (Å²) in [4.78, 5) is 30.5. The van der Waals surface area contributed by atoms with Gasteiger partial charge in [-0.3, -0.25) is 9.59 Å². The molecule has 0 radical (unpaired) electrons. The molecule has 1 aliphatic carbocycles. The van der Waals surface area contributed by atoms with E-state index in [2.05, 4.69) is 4.98 Å². The number of carbonyl (C=O) groups is 2. The minimum Gasteiger partial charge on any atom is -0.388 e. The third kappa shape index (κ3) is 3.62. The molecule has 7 heteroatoms. The summed E-state index contributed by atoms with van der Waals surface area (Å²) in [6.45, 7) is 2.34. The van der Waals surface area contributed by atoms with Crippen molar-refractivity contribution < 1.29 is 23.5 Å². The van der Waals surface area contributed by atoms with Crippen LogP contribution >= 0.6 is 0 Å². The van der Waals surface area contributed by atoms with Crippen molar-refractivity contribution in [2.24, 2.45) is 0 Å². The van der Waals surface area contributed by atoms with Crippen LogP contribution in [0.3, 0.4) is 0 Å². The monoisotopic (exact) mass is 448 g/mol. The average Bonchev–Trinajstić information content (AvgIpc) is 3.34. The Morgan fingerprint density at radius 3 is 2.61 bits per heavy atom. The van der Waals surface area contributed by atoms with Crippen LogP contribution in [0.15, 0.2) is 54.7 Å². The smallest absolute Gasteiger partial charge is 0.272 e. The zero-order chi connectivity index (χ0) is 23.3. The summed E-state index contributed by atoms with van der Waals surface area (Å²) in [5.41, 5.74) is 3.20. The first-order chi connectivity index (χ1) is 15.8. The molecule has 1 amide bonds. The number of amides is 1. The van der Waals surface area contributed by atoms with Crippen molar-refractivity contribution in [3.8, 4) is 11.1 Å². The summed E-state index contributed by atoms with van der Waals surface area (Å²) in [7, 11) is 0. The van der Waals surface area contributed by atoms with E-state index in [9.17, 15) is 23.5 Å². The largest absolute Gasteiger partial charge is 0.388 e. The van der Waals surface area contributed by atoms with Crippen molar-refractivity contribution in [3.05, 3.63) is 88.7 Å². The van der Waals surface area contributed by atoms with Gasteiger partial charge >= 0.3 is 0 Å². The van der Waals surface area contributed by atoms with Crippen molar-refractivity contribution in [1.29, 1.82) is 0 Å². The molecule has 1 N–H and O–H groups in total. The second kappa shape index (κ2) is 7.85. The van der Waals surface area contributed by atoms with Crippen LogP contribution in [0.25, 0.3) is 11.1 Å². The van der Waals surface area contributed by atoms with Crippen molar-refractivity contribution in [3.63, 3.8) is 0 Å². The van der Waals surface area contributed by atoms with E-state index >= 15 is 0 Å². The molecule has 1 fully saturated rings. The van der Waals surface area contributed by atoms with E-state index in [-0.39, 0.29) is 22.8 Å². The van der Waals surface area contributed by atoms with Crippen LogP contribution in [-0.4, -0.2) is 39.8 Å². The average molecular weight is 448 g/mol. The normalized spacial score (nSPS) is 21.5. The topological polar surface area (TPSA) is 70.5 Å². The molecule has 1 saturated heterocycles. The van der Waals surface area contributed by atoms with E-state index in [4.69, 9.17) is 0 Å². The zero-order valence-corrected chi connectivity index (χ0v) is 18.0. The lowest BCUT2D eigenvalue weighted by molar-refractivity contribution is 0.0770. The number of aliphatic hydroxyl groups excluding tert-OH is 1. The molecule has 2 heterocycles. The number of nitrogens with zero attached hydrogens (tertiary/aromatic N) is 2. The summed E-state index contributed by atoms with van der Waals surface area (Å²) in [6.07, 6.45) is 1.49. The number of ketones is 1. The highest BCUT2D eigenvalue weighted by atomic mass is 19.1. The molecule has 2 aliphatic rings. The number of aromatic nitrogens is 1. The minimum absolute atomic E-state index is 0.190. The number of Topliss-reactive ketones (excluding diaryl/α,β-unsaturated/α-hetero) is 1. The van der Waals surface area contributed by atoms with Crippen molar-refractivity contribution in [1.82, 2.24) is 9.88 Å². The Labute approximate surface area is 189 Å². The summed E-state index contributed by atoms with van der Waals surface area (Å²) in [5, 5.41) is 10.9. The molecule has 3 aromatic rings. The third-order valence-electron chi connectivity index (χ3n) is 6.83. The lowest BCUT2D eigenvalue weighted by Gasteiger charge is -2.25. The molecule has 0 saturated carbocycles. The van der Waals surface area contributed by atoms with Crippen LogP contribution in [0.2, 0.25) is 0 Å². The Balaban J connectivity index is 1.46. The van der Waals surface area contributed by atoms with Gasteiger partial charge in [-0.05, 0) is 72.4 Å². The number of likely N-dealkylation sites (tertiary alicyclic amines) is 1. The van der Waals surface area contributed by atoms with E-state index in [0.717, 1.165) is 22.9 Å². The molecule has 1 aromatic heterocycles. The number of fused-ring (bicyclic) bond motifs is 2. The first kappa shape index (κ1) is 21.4. The Morgan fingerprint density at radius 2 is 1.88 bits per heavy atom. The van der Waals surface area contributed by atoms with E-state index < -0.39 is 17.7 Å². The van der Waals surface area contributed by atoms with Crippen molar-refractivity contribution >= 4 is 11.7 Å². The van der Waals surface area contributed by atoms with Gasteiger partial charge in [-0.15, -0.1) is 0 Å². The fourth-order valence-electron chi connectivity index (χ4n) is 5.23. The summed E-state index contributed by atoms with van der Waals surface area (Å²) >= 11 is 0. The van der Waals surface area contributed by atoms with Gasteiger partial charge in [0.05, 0.1) is 12.3 Å². The number of aliphatic hydroxyl groups is 1. The Kier molecular flexibility index (Phi) is 5.09. The Morgan fingerprint density at radius 1 is 1.09 bits per heavy atom. The molecule has 33 heavy (non-hydrogen) atoms. The van der Waals surface area contributed by atoms with Gasteiger partial charge in [0.25, 0.3) is 5.91 Å². The fraction of sp³-hybridized carbons (Fsp3) is 0.269. The highest BCUT2D eigenvalue weighted by Gasteiger charge is 2.48. The second-order valence-corrected chi connectivity index (χ2v) is 8.89. The quantitative estimate of drug-likeness (QED) is 0.601. The molecular weight excluding hydrogens is 426 g/mol. The number of hydrogen-bond donors (Lipinski definition) is 1. The van der Waals surface area contributed by atoms with Gasteiger partial charge in [0.2, 0.25) is 0 Å². The van der Waals surface area contributed by atoms with Crippen LogP contribution in [0.1, 0.15) is 57.8 Å². The lowest BCUT2D eigenvalue weighted by atomic mass is 9.80. The van der Waals surface area contributed by atoms with E-state index in [0.29, 0.717) is 37.1 Å². The maximum Gasteiger partial charge on any atom is 0.272 e. The molecule has 2 unspecified atom stereocenters. The van der Waals surface area contributed by atoms with Crippen LogP contribution < -0.4 is 0 Å². The molecule has 1 spiro atoms. The van der Waals surface area contributed by atoms with E-state index in [1.807, 2.05) is 18.2 Å². The zero-order valence-electron chi connectivity index (χ0n) is 18.0. The minimum atomic E-state index is -0.708. The molecule has 5 nitrogen and oxygen atoms in total. The molecule has 2 aromatic carbocycles. The summed E-state index contributed by atoms with van der Waals surface area (Å²) < 4.78 is 26.9. The van der Waals surface area contributed by atoms with Crippen LogP contribution in [-0.2, 0) is 5.41 Å². The number of halogens is 2. The summed E-state index contributed by atoms with van der Waals surface area (Å²) in [5.74, 6) is -1.47. The number of rotatable bonds is 3. The maximum atomic E-state index is 13.7. The predicted octanol–water partition coefficient (Wildman–Crippen LogP) is 4.45. The van der Waals surface area contributed by atoms with Crippen LogP contribution in [0.5, 0.6) is 0 Å². The van der Waals surface area contributed by atoms with Gasteiger partial charge in [-0.1, -0.05) is 18.2 Å². The Bertz CT molecular complexity index is 1280. The van der Waals surface area contributed by atoms with Crippen molar-refractivity contribution in [2.45, 2.75) is 31.3 Å². The highest BCUT2D eigenvalue weighted by Crippen LogP contribution is 2.51. The molecule has 5 rings (SSSR count). The number of hydrogen-bond acceptors (Lipinski definition) is 4. The number of benzene rings is 2. The van der Waals surface area contributed by atoms with Gasteiger partial charge < -0.3 is 10.0 Å². The number of pyridine rings is 1. The van der Waals surface area contributed by atoms with Gasteiger partial charge in [0.1, 0.15) is 17.3 Å². The second-order valence-electron chi connectivity index (χ2n) is 8.89. The first-order valence-electron chi connectivity index (χ1n) is 10.8. The fourth-order valence-corrected chi connectivity index (χ4v) is 5.23. The molecular formula is C26H22F2N2O3. The van der Waals surface area contributed by atoms with E-state index in [1.165, 1.54) is 31.2 Å². The summed E-state index contributed by atoms with van der Waals surface area (Å²) in [6, 6.07) is 12.4. The molecule has 1 aliphatic heterocycles. The van der Waals surface area contributed by atoms with Gasteiger partial charge in [-0.2, -0.15) is 0 Å². The predicted molar refractivity (Wildman–Crippen MR) is 118 cm³/mol. The van der Waals surface area contributed by atoms with Gasteiger partial charge in [-0.25, -0.2) is 13.8 Å². The maximum absolute atomic E-state index is 13.7. The van der Waals surface area contributed by atoms with E-state index in [1.54, 1.807) is 11.0 Å². The van der Waals surface area contributed by atoms with Crippen LogP contribution in [0, 0.1) is 11.6 Å². The van der Waals surface area contributed by atoms with Gasteiger partial charge in [0.15, 0.2) is 5.78 Å². The third-order valence-corrected chi connectivity index (χ3v) is 6.83. The standard InChI is InChI=1S/C26H22F2N2O3/c1-15(31)20-11-17(27)3-5-19(20)16-2-6-22-21(10-16)24(32)12-26(22)8-9-30(14-26)25(33)23-7-4-18(28)13-29-23/h2-7,10-11,13,24,32H,8-9,12,14H2,1H3. The SMILES string of the molecule is CC(=O)c1cc(F)ccc1-c1ccc2c(c1)C(O)CC21CCN(C(=O)c2ccc(F)cn2)C1.